The van der Waals surface area contributed by atoms with Crippen molar-refractivity contribution in [2.24, 2.45) is 0 Å². The first-order valence-corrected chi connectivity index (χ1v) is 3.21. The highest BCUT2D eigenvalue weighted by atomic mass is 16.1. The van der Waals surface area contributed by atoms with Crippen molar-refractivity contribution in [1.82, 2.24) is 0 Å². The second-order valence-electron chi connectivity index (χ2n) is 2.32. The summed E-state index contributed by atoms with van der Waals surface area (Å²) in [6.07, 6.45) is 2.73. The van der Waals surface area contributed by atoms with Crippen molar-refractivity contribution in [2.45, 2.75) is 26.7 Å². The lowest BCUT2D eigenvalue weighted by Gasteiger charge is -1.93. The van der Waals surface area contributed by atoms with Crippen molar-refractivity contribution in [3.8, 4) is 6.07 Å². The lowest BCUT2D eigenvalue weighted by molar-refractivity contribution is -0.116. The second-order valence-corrected chi connectivity index (χ2v) is 2.32. The molecule has 0 saturated carbocycles. The Morgan fingerprint density at radius 3 is 2.50 bits per heavy atom. The van der Waals surface area contributed by atoms with Crippen molar-refractivity contribution in [3.63, 3.8) is 0 Å². The molecule has 0 N–H and O–H groups in total. The Morgan fingerprint density at radius 2 is 2.10 bits per heavy atom. The third kappa shape index (κ3) is 5.04. The molecule has 0 radical (unpaired) electrons. The average molecular weight is 137 g/mol. The van der Waals surface area contributed by atoms with E-state index in [1.54, 1.807) is 6.92 Å². The molecule has 0 aliphatic heterocycles. The topological polar surface area (TPSA) is 40.9 Å². The highest BCUT2D eigenvalue weighted by molar-refractivity contribution is 5.75. The van der Waals surface area contributed by atoms with E-state index in [-0.39, 0.29) is 5.78 Å². The number of nitriles is 1. The smallest absolute Gasteiger partial charge is 0.130 e. The van der Waals surface area contributed by atoms with Crippen LogP contribution in [0.2, 0.25) is 0 Å². The van der Waals surface area contributed by atoms with E-state index in [0.717, 1.165) is 5.57 Å². The van der Waals surface area contributed by atoms with Crippen LogP contribution in [-0.2, 0) is 4.79 Å². The van der Waals surface area contributed by atoms with Crippen molar-refractivity contribution < 1.29 is 4.79 Å². The molecule has 0 heterocycles. The molecule has 0 unspecified atom stereocenters. The van der Waals surface area contributed by atoms with Crippen LogP contribution in [-0.4, -0.2) is 5.78 Å². The van der Waals surface area contributed by atoms with Crippen molar-refractivity contribution in [3.05, 3.63) is 11.6 Å². The third-order valence-corrected chi connectivity index (χ3v) is 1.18. The van der Waals surface area contributed by atoms with Gasteiger partial charge in [-0.3, -0.25) is 0 Å². The first-order chi connectivity index (χ1) is 4.66. The predicted molar refractivity (Wildman–Crippen MR) is 39.3 cm³/mol. The lowest BCUT2D eigenvalue weighted by Crippen LogP contribution is -1.89. The van der Waals surface area contributed by atoms with E-state index < -0.39 is 0 Å². The third-order valence-electron chi connectivity index (χ3n) is 1.18. The number of rotatable bonds is 3. The molecule has 0 fully saturated rings. The Hall–Kier alpha value is -1.10. The van der Waals surface area contributed by atoms with E-state index in [1.807, 2.05) is 13.0 Å². The van der Waals surface area contributed by atoms with Gasteiger partial charge in [0.1, 0.15) is 5.78 Å². The summed E-state index contributed by atoms with van der Waals surface area (Å²) in [7, 11) is 0. The van der Waals surface area contributed by atoms with E-state index in [9.17, 15) is 4.79 Å². The zero-order chi connectivity index (χ0) is 7.98. The maximum Gasteiger partial charge on any atom is 0.130 e. The SMILES string of the molecule is CC(=O)CCC(C)=CC#N. The van der Waals surface area contributed by atoms with Crippen LogP contribution < -0.4 is 0 Å². The fraction of sp³-hybridized carbons (Fsp3) is 0.500. The molecule has 0 atom stereocenters. The van der Waals surface area contributed by atoms with Crippen LogP contribution in [0.5, 0.6) is 0 Å². The summed E-state index contributed by atoms with van der Waals surface area (Å²) in [6.45, 7) is 3.41. The van der Waals surface area contributed by atoms with E-state index in [2.05, 4.69) is 0 Å². The van der Waals surface area contributed by atoms with Crippen LogP contribution >= 0.6 is 0 Å². The van der Waals surface area contributed by atoms with Crippen LogP contribution in [0.3, 0.4) is 0 Å². The van der Waals surface area contributed by atoms with Crippen LogP contribution in [0.1, 0.15) is 26.7 Å². The monoisotopic (exact) mass is 137 g/mol. The fourth-order valence-corrected chi connectivity index (χ4v) is 0.556. The number of nitrogens with zero attached hydrogens (tertiary/aromatic N) is 1. The second kappa shape index (κ2) is 4.75. The van der Waals surface area contributed by atoms with E-state index in [0.29, 0.717) is 12.8 Å². The summed E-state index contributed by atoms with van der Waals surface area (Å²) >= 11 is 0. The lowest BCUT2D eigenvalue weighted by atomic mass is 10.1. The van der Waals surface area contributed by atoms with Gasteiger partial charge in [-0.05, 0) is 20.3 Å². The van der Waals surface area contributed by atoms with Crippen molar-refractivity contribution in [2.75, 3.05) is 0 Å². The quantitative estimate of drug-likeness (QED) is 0.557. The van der Waals surface area contributed by atoms with Gasteiger partial charge in [0.05, 0.1) is 6.07 Å². The maximum absolute atomic E-state index is 10.4. The molecular weight excluding hydrogens is 126 g/mol. The minimum atomic E-state index is 0.172. The standard InChI is InChI=1S/C8H11NO/c1-7(5-6-9)3-4-8(2)10/h5H,3-4H2,1-2H3. The van der Waals surface area contributed by atoms with Gasteiger partial charge in [0.2, 0.25) is 0 Å². The first kappa shape index (κ1) is 8.90. The molecule has 0 amide bonds. The number of hydrogen-bond acceptors (Lipinski definition) is 2. The summed E-state index contributed by atoms with van der Waals surface area (Å²) in [5.41, 5.74) is 0.970. The summed E-state index contributed by atoms with van der Waals surface area (Å²) in [6, 6.07) is 1.92. The van der Waals surface area contributed by atoms with Gasteiger partial charge in [-0.15, -0.1) is 0 Å². The Kier molecular flexibility index (Phi) is 4.23. The summed E-state index contributed by atoms with van der Waals surface area (Å²) in [4.78, 5) is 10.4. The molecule has 0 aromatic heterocycles. The Bertz CT molecular complexity index is 186. The van der Waals surface area contributed by atoms with Crippen molar-refractivity contribution >= 4 is 5.78 Å². The minimum absolute atomic E-state index is 0.172. The highest BCUT2D eigenvalue weighted by Crippen LogP contribution is 2.02. The molecule has 0 aliphatic carbocycles. The number of allylic oxidation sites excluding steroid dienone is 2. The predicted octanol–water partition coefficient (Wildman–Crippen LogP) is 1.83. The summed E-state index contributed by atoms with van der Waals surface area (Å²) in [5, 5.41) is 8.19. The number of carbonyl (C=O) groups is 1. The van der Waals surface area contributed by atoms with Gasteiger partial charge < -0.3 is 4.79 Å². The minimum Gasteiger partial charge on any atom is -0.300 e. The van der Waals surface area contributed by atoms with Crippen LogP contribution in [0.4, 0.5) is 0 Å². The van der Waals surface area contributed by atoms with Gasteiger partial charge >= 0.3 is 0 Å². The maximum atomic E-state index is 10.4. The molecule has 0 saturated heterocycles. The van der Waals surface area contributed by atoms with Gasteiger partial charge in [0, 0.05) is 12.5 Å². The zero-order valence-electron chi connectivity index (χ0n) is 6.35. The van der Waals surface area contributed by atoms with Crippen LogP contribution in [0.15, 0.2) is 11.6 Å². The number of ketones is 1. The van der Waals surface area contributed by atoms with E-state index >= 15 is 0 Å². The van der Waals surface area contributed by atoms with Crippen LogP contribution in [0, 0.1) is 11.3 Å². The van der Waals surface area contributed by atoms with Gasteiger partial charge in [-0.2, -0.15) is 5.26 Å². The molecule has 0 spiro atoms. The molecule has 0 rings (SSSR count). The molecule has 0 aromatic rings. The van der Waals surface area contributed by atoms with Gasteiger partial charge in [-0.25, -0.2) is 0 Å². The Morgan fingerprint density at radius 1 is 1.50 bits per heavy atom. The largest absolute Gasteiger partial charge is 0.300 e. The van der Waals surface area contributed by atoms with Crippen molar-refractivity contribution in [1.29, 1.82) is 5.26 Å². The number of hydrogen-bond donors (Lipinski definition) is 0. The van der Waals surface area contributed by atoms with E-state index in [4.69, 9.17) is 5.26 Å². The van der Waals surface area contributed by atoms with E-state index in [1.165, 1.54) is 6.08 Å². The van der Waals surface area contributed by atoms with Gasteiger partial charge in [0.25, 0.3) is 0 Å². The zero-order valence-corrected chi connectivity index (χ0v) is 6.35. The Balaban J connectivity index is 3.62. The first-order valence-electron chi connectivity index (χ1n) is 3.21. The number of Topliss-reactive ketones (excluding diaryl/α,β-unsaturated/α-hetero) is 1. The molecule has 2 heteroatoms. The fourth-order valence-electron chi connectivity index (χ4n) is 0.556. The number of carbonyl (C=O) groups excluding carboxylic acids is 1. The molecule has 2 nitrogen and oxygen atoms in total. The van der Waals surface area contributed by atoms with Gasteiger partial charge in [0.15, 0.2) is 0 Å². The average Bonchev–Trinajstić information content (AvgIpc) is 1.85. The molecular formula is C8H11NO. The molecule has 54 valence electrons. The highest BCUT2D eigenvalue weighted by Gasteiger charge is 1.93. The summed E-state index contributed by atoms with van der Waals surface area (Å²) in [5.74, 6) is 0.172. The molecule has 10 heavy (non-hydrogen) atoms. The Labute approximate surface area is 61.2 Å². The van der Waals surface area contributed by atoms with Gasteiger partial charge in [-0.1, -0.05) is 5.57 Å². The molecule has 0 aromatic carbocycles. The molecule has 0 bridgehead atoms. The molecule has 0 aliphatic rings. The van der Waals surface area contributed by atoms with Crippen LogP contribution in [0.25, 0.3) is 0 Å². The summed E-state index contributed by atoms with van der Waals surface area (Å²) < 4.78 is 0. The normalized spacial score (nSPS) is 10.7.